The zero-order valence-electron chi connectivity index (χ0n) is 12.7. The molecule has 0 aliphatic carbocycles. The fraction of sp³-hybridized carbons (Fsp3) is 0.471. The van der Waals surface area contributed by atoms with Gasteiger partial charge >= 0.3 is 0 Å². The molecule has 0 radical (unpaired) electrons. The predicted octanol–water partition coefficient (Wildman–Crippen LogP) is 4.77. The van der Waals surface area contributed by atoms with Crippen LogP contribution in [0, 0.1) is 5.92 Å². The normalized spacial score (nSPS) is 12.5. The molecule has 114 valence electrons. The third-order valence-corrected chi connectivity index (χ3v) is 4.16. The number of unbranched alkanes of at least 4 members (excludes halogenated alkanes) is 1. The van der Waals surface area contributed by atoms with E-state index in [1.807, 2.05) is 24.3 Å². The van der Waals surface area contributed by atoms with E-state index in [9.17, 15) is 4.79 Å². The Hall–Kier alpha value is -1.48. The van der Waals surface area contributed by atoms with Gasteiger partial charge in [-0.3, -0.25) is 4.79 Å². The van der Waals surface area contributed by atoms with Gasteiger partial charge < -0.3 is 10.3 Å². The summed E-state index contributed by atoms with van der Waals surface area (Å²) in [5.74, 6) is 0.519. The number of carbonyl (C=O) groups excluding carboxylic acids is 1. The number of hydrogen-bond donors (Lipinski definition) is 2. The molecule has 0 saturated carbocycles. The molecule has 0 aliphatic heterocycles. The van der Waals surface area contributed by atoms with E-state index in [1.54, 1.807) is 0 Å². The van der Waals surface area contributed by atoms with Gasteiger partial charge in [0.05, 0.1) is 0 Å². The quantitative estimate of drug-likeness (QED) is 0.760. The highest BCUT2D eigenvalue weighted by atomic mass is 35.5. The molecule has 1 heterocycles. The molecular weight excluding hydrogens is 284 g/mol. The topological polar surface area (TPSA) is 44.9 Å². The van der Waals surface area contributed by atoms with Crippen LogP contribution in [0.5, 0.6) is 0 Å². The molecule has 3 nitrogen and oxygen atoms in total. The molecule has 0 fully saturated rings. The Kier molecular flexibility index (Phi) is 5.68. The van der Waals surface area contributed by atoms with Gasteiger partial charge in [-0.25, -0.2) is 0 Å². The second kappa shape index (κ2) is 7.51. The molecule has 0 unspecified atom stereocenters. The molecule has 1 amide bonds. The van der Waals surface area contributed by atoms with Gasteiger partial charge in [-0.05, 0) is 36.6 Å². The van der Waals surface area contributed by atoms with Crippen LogP contribution in [0.3, 0.4) is 0 Å². The summed E-state index contributed by atoms with van der Waals surface area (Å²) >= 11 is 5.96. The van der Waals surface area contributed by atoms with Crippen molar-refractivity contribution in [3.63, 3.8) is 0 Å². The largest absolute Gasteiger partial charge is 0.351 e. The summed E-state index contributed by atoms with van der Waals surface area (Å²) in [6.07, 6.45) is 4.70. The van der Waals surface area contributed by atoms with Crippen molar-refractivity contribution in [2.45, 2.75) is 39.5 Å². The van der Waals surface area contributed by atoms with E-state index in [1.165, 1.54) is 19.3 Å². The van der Waals surface area contributed by atoms with Crippen LogP contribution in [0.1, 0.15) is 50.0 Å². The maximum absolute atomic E-state index is 12.2. The lowest BCUT2D eigenvalue weighted by molar-refractivity contribution is 0.0941. The van der Waals surface area contributed by atoms with Gasteiger partial charge in [0.15, 0.2) is 0 Å². The summed E-state index contributed by atoms with van der Waals surface area (Å²) in [6, 6.07) is 7.42. The first-order valence-electron chi connectivity index (χ1n) is 7.70. The molecule has 2 aromatic rings. The Morgan fingerprint density at radius 3 is 2.86 bits per heavy atom. The van der Waals surface area contributed by atoms with Crippen molar-refractivity contribution in [3.8, 4) is 0 Å². The van der Waals surface area contributed by atoms with Crippen molar-refractivity contribution in [2.24, 2.45) is 5.92 Å². The van der Waals surface area contributed by atoms with Crippen LogP contribution in [-0.2, 0) is 0 Å². The summed E-state index contributed by atoms with van der Waals surface area (Å²) in [5, 5.41) is 4.67. The number of halogens is 1. The molecule has 0 saturated heterocycles. The summed E-state index contributed by atoms with van der Waals surface area (Å²) in [7, 11) is 0. The number of amides is 1. The van der Waals surface area contributed by atoms with Crippen molar-refractivity contribution in [1.82, 2.24) is 10.3 Å². The summed E-state index contributed by atoms with van der Waals surface area (Å²) in [4.78, 5) is 15.4. The standard InChI is InChI=1S/C17H23ClN2O/c1-3-5-6-12(4-2)11-19-17(21)16-10-13-9-14(18)7-8-15(13)20-16/h7-10,12,20H,3-6,11H2,1-2H3,(H,19,21)/t12-/m1/s1. The lowest BCUT2D eigenvalue weighted by atomic mass is 9.99. The monoisotopic (exact) mass is 306 g/mol. The van der Waals surface area contributed by atoms with Crippen molar-refractivity contribution in [1.29, 1.82) is 0 Å². The zero-order valence-corrected chi connectivity index (χ0v) is 13.5. The van der Waals surface area contributed by atoms with Crippen LogP contribution in [0.15, 0.2) is 24.3 Å². The molecule has 21 heavy (non-hydrogen) atoms. The van der Waals surface area contributed by atoms with Crippen LogP contribution >= 0.6 is 11.6 Å². The maximum Gasteiger partial charge on any atom is 0.267 e. The molecule has 0 aliphatic rings. The Balaban J connectivity index is 1.98. The van der Waals surface area contributed by atoms with E-state index in [4.69, 9.17) is 11.6 Å². The van der Waals surface area contributed by atoms with Gasteiger partial charge in [0.1, 0.15) is 5.69 Å². The van der Waals surface area contributed by atoms with Crippen molar-refractivity contribution in [2.75, 3.05) is 6.54 Å². The molecule has 0 bridgehead atoms. The van der Waals surface area contributed by atoms with E-state index in [0.717, 1.165) is 23.9 Å². The highest BCUT2D eigenvalue weighted by molar-refractivity contribution is 6.31. The first-order chi connectivity index (χ1) is 10.1. The van der Waals surface area contributed by atoms with Gasteiger partial charge in [0, 0.05) is 22.5 Å². The first-order valence-corrected chi connectivity index (χ1v) is 8.08. The Labute approximate surface area is 131 Å². The van der Waals surface area contributed by atoms with Gasteiger partial charge in [-0.15, -0.1) is 0 Å². The summed E-state index contributed by atoms with van der Waals surface area (Å²) in [6.45, 7) is 5.11. The second-order valence-corrected chi connectivity index (χ2v) is 5.98. The van der Waals surface area contributed by atoms with E-state index in [0.29, 0.717) is 16.6 Å². The predicted molar refractivity (Wildman–Crippen MR) is 88.9 cm³/mol. The SMILES string of the molecule is CCCC[C@@H](CC)CNC(=O)c1cc2cc(Cl)ccc2[nH]1. The van der Waals surface area contributed by atoms with Crippen LogP contribution in [-0.4, -0.2) is 17.4 Å². The second-order valence-electron chi connectivity index (χ2n) is 5.54. The number of hydrogen-bond acceptors (Lipinski definition) is 1. The number of H-pyrrole nitrogens is 1. The molecular formula is C17H23ClN2O. The first kappa shape index (κ1) is 15.9. The number of aromatic nitrogens is 1. The molecule has 1 aromatic heterocycles. The van der Waals surface area contributed by atoms with E-state index < -0.39 is 0 Å². The average Bonchev–Trinajstić information content (AvgIpc) is 2.90. The smallest absolute Gasteiger partial charge is 0.267 e. The number of nitrogens with one attached hydrogen (secondary N) is 2. The van der Waals surface area contributed by atoms with Crippen molar-refractivity contribution in [3.05, 3.63) is 35.0 Å². The molecule has 4 heteroatoms. The molecule has 0 spiro atoms. The van der Waals surface area contributed by atoms with E-state index in [-0.39, 0.29) is 5.91 Å². The number of carbonyl (C=O) groups is 1. The lowest BCUT2D eigenvalue weighted by Crippen LogP contribution is -2.29. The minimum absolute atomic E-state index is 0.0442. The Bertz CT molecular complexity index is 606. The number of rotatable bonds is 7. The fourth-order valence-corrected chi connectivity index (χ4v) is 2.68. The molecule has 1 atom stereocenters. The van der Waals surface area contributed by atoms with Crippen LogP contribution in [0.25, 0.3) is 10.9 Å². The summed E-state index contributed by atoms with van der Waals surface area (Å²) in [5.41, 5.74) is 1.53. The Morgan fingerprint density at radius 2 is 2.14 bits per heavy atom. The number of benzene rings is 1. The minimum Gasteiger partial charge on any atom is -0.351 e. The average molecular weight is 307 g/mol. The van der Waals surface area contributed by atoms with Gasteiger partial charge in [-0.2, -0.15) is 0 Å². The Morgan fingerprint density at radius 1 is 1.33 bits per heavy atom. The maximum atomic E-state index is 12.2. The van der Waals surface area contributed by atoms with Crippen LogP contribution in [0.2, 0.25) is 5.02 Å². The molecule has 2 rings (SSSR count). The fourth-order valence-electron chi connectivity index (χ4n) is 2.50. The summed E-state index contributed by atoms with van der Waals surface area (Å²) < 4.78 is 0. The highest BCUT2D eigenvalue weighted by Gasteiger charge is 2.12. The third-order valence-electron chi connectivity index (χ3n) is 3.92. The van der Waals surface area contributed by atoms with E-state index >= 15 is 0 Å². The number of aromatic amines is 1. The van der Waals surface area contributed by atoms with Gasteiger partial charge in [-0.1, -0.05) is 44.7 Å². The molecule has 2 N–H and O–H groups in total. The van der Waals surface area contributed by atoms with Crippen LogP contribution < -0.4 is 5.32 Å². The van der Waals surface area contributed by atoms with Crippen molar-refractivity contribution >= 4 is 28.4 Å². The van der Waals surface area contributed by atoms with Gasteiger partial charge in [0.25, 0.3) is 5.91 Å². The highest BCUT2D eigenvalue weighted by Crippen LogP contribution is 2.20. The van der Waals surface area contributed by atoms with Crippen molar-refractivity contribution < 1.29 is 4.79 Å². The minimum atomic E-state index is -0.0442. The lowest BCUT2D eigenvalue weighted by Gasteiger charge is -2.14. The van der Waals surface area contributed by atoms with Crippen LogP contribution in [0.4, 0.5) is 0 Å². The number of fused-ring (bicyclic) bond motifs is 1. The van der Waals surface area contributed by atoms with E-state index in [2.05, 4.69) is 24.1 Å². The molecule has 1 aromatic carbocycles. The van der Waals surface area contributed by atoms with Gasteiger partial charge in [0.2, 0.25) is 0 Å². The third kappa shape index (κ3) is 4.24. The zero-order chi connectivity index (χ0) is 15.2.